The molecule has 2 aromatic rings. The Morgan fingerprint density at radius 3 is 1.96 bits per heavy atom. The molecule has 6 heteroatoms. The zero-order chi connectivity index (χ0) is 18.0. The lowest BCUT2D eigenvalue weighted by atomic mass is 10.0. The molecule has 1 saturated heterocycles. The largest absolute Gasteiger partial charge is 0.508 e. The van der Waals surface area contributed by atoms with Crippen LogP contribution in [0, 0.1) is 5.92 Å². The first kappa shape index (κ1) is 16.7. The van der Waals surface area contributed by atoms with Gasteiger partial charge >= 0.3 is 0 Å². The summed E-state index contributed by atoms with van der Waals surface area (Å²) in [6.45, 7) is 1.44. The molecule has 2 aromatic carbocycles. The summed E-state index contributed by atoms with van der Waals surface area (Å²) in [4.78, 5) is 37.0. The molecular weight excluding hydrogens is 320 g/mol. The van der Waals surface area contributed by atoms with Crippen LogP contribution in [0.4, 0.5) is 11.4 Å². The quantitative estimate of drug-likeness (QED) is 0.850. The summed E-state index contributed by atoms with van der Waals surface area (Å²) in [5, 5.41) is 12.1. The summed E-state index contributed by atoms with van der Waals surface area (Å²) in [6.07, 6.45) is 0.360. The molecule has 1 atom stereocenters. The van der Waals surface area contributed by atoms with Gasteiger partial charge in [0, 0.05) is 6.42 Å². The number of amides is 2. The maximum Gasteiger partial charge on any atom is 0.258 e. The number of carbonyl (C=O) groups is 3. The van der Waals surface area contributed by atoms with Crippen molar-refractivity contribution in [2.75, 3.05) is 10.0 Å². The Morgan fingerprint density at radius 2 is 1.44 bits per heavy atom. The number of Topliss-reactive ketones (excluding diaryl/α,β-unsaturated/α-hetero) is 1. The minimum absolute atomic E-state index is 0.0602. The van der Waals surface area contributed by atoms with Gasteiger partial charge in [0.05, 0.1) is 11.4 Å². The highest BCUT2D eigenvalue weighted by molar-refractivity contribution is 6.23. The summed E-state index contributed by atoms with van der Waals surface area (Å²) < 4.78 is 0. The number of anilines is 2. The van der Waals surface area contributed by atoms with Gasteiger partial charge in [-0.05, 0) is 49.7 Å². The van der Waals surface area contributed by atoms with Gasteiger partial charge in [-0.25, -0.2) is 10.0 Å². The van der Waals surface area contributed by atoms with E-state index in [-0.39, 0.29) is 36.2 Å². The van der Waals surface area contributed by atoms with E-state index >= 15 is 0 Å². The summed E-state index contributed by atoms with van der Waals surface area (Å²) in [6, 6.07) is 14.9. The average Bonchev–Trinajstić information content (AvgIpc) is 2.85. The maximum atomic E-state index is 12.9. The maximum absolute atomic E-state index is 12.9. The van der Waals surface area contributed by atoms with E-state index in [1.54, 1.807) is 36.4 Å². The standard InChI is InChI=1S/C19H18N2O4/c1-13(22)7-12-17-18(24)20(14-5-3-2-4-6-14)21(19(17)25)15-8-10-16(23)11-9-15/h2-6,8-11,17,23H,7,12H2,1H3. The Morgan fingerprint density at radius 1 is 0.920 bits per heavy atom. The molecule has 0 spiro atoms. The molecule has 0 saturated carbocycles. The van der Waals surface area contributed by atoms with Crippen molar-refractivity contribution < 1.29 is 19.5 Å². The van der Waals surface area contributed by atoms with E-state index in [0.29, 0.717) is 11.4 Å². The zero-order valence-electron chi connectivity index (χ0n) is 13.8. The van der Waals surface area contributed by atoms with Crippen LogP contribution in [-0.2, 0) is 14.4 Å². The summed E-state index contributed by atoms with van der Waals surface area (Å²) in [7, 11) is 0. The van der Waals surface area contributed by atoms with Gasteiger partial charge in [-0.15, -0.1) is 0 Å². The van der Waals surface area contributed by atoms with Gasteiger partial charge in [0.2, 0.25) is 0 Å². The highest BCUT2D eigenvalue weighted by atomic mass is 16.3. The highest BCUT2D eigenvalue weighted by Gasteiger charge is 2.46. The minimum Gasteiger partial charge on any atom is -0.508 e. The normalized spacial score (nSPS) is 17.2. The molecule has 6 nitrogen and oxygen atoms in total. The number of rotatable bonds is 5. The smallest absolute Gasteiger partial charge is 0.258 e. The predicted octanol–water partition coefficient (Wildman–Crippen LogP) is 2.67. The Hall–Kier alpha value is -3.15. The molecule has 0 aliphatic carbocycles. The Kier molecular flexibility index (Phi) is 4.52. The van der Waals surface area contributed by atoms with Gasteiger partial charge in [-0.3, -0.25) is 9.59 Å². The van der Waals surface area contributed by atoms with Crippen LogP contribution in [-0.4, -0.2) is 22.7 Å². The molecule has 0 aromatic heterocycles. The molecule has 3 rings (SSSR count). The number of hydrazine groups is 1. The first-order valence-electron chi connectivity index (χ1n) is 8.00. The van der Waals surface area contributed by atoms with Crippen molar-refractivity contribution >= 4 is 29.0 Å². The third kappa shape index (κ3) is 3.24. The second-order valence-corrected chi connectivity index (χ2v) is 5.95. The number of carbonyl (C=O) groups excluding carboxylic acids is 3. The fourth-order valence-corrected chi connectivity index (χ4v) is 2.84. The number of benzene rings is 2. The number of ketones is 1. The molecule has 2 amide bonds. The van der Waals surface area contributed by atoms with Crippen molar-refractivity contribution in [1.29, 1.82) is 0 Å². The number of hydrogen-bond donors (Lipinski definition) is 1. The second kappa shape index (κ2) is 6.76. The monoisotopic (exact) mass is 338 g/mol. The van der Waals surface area contributed by atoms with Gasteiger partial charge in [0.25, 0.3) is 11.8 Å². The highest BCUT2D eigenvalue weighted by Crippen LogP contribution is 2.34. The van der Waals surface area contributed by atoms with Crippen LogP contribution in [0.25, 0.3) is 0 Å². The van der Waals surface area contributed by atoms with Crippen molar-refractivity contribution in [2.45, 2.75) is 19.8 Å². The number of phenols is 1. The van der Waals surface area contributed by atoms with E-state index < -0.39 is 5.92 Å². The number of nitrogens with zero attached hydrogens (tertiary/aromatic N) is 2. The predicted molar refractivity (Wildman–Crippen MR) is 92.9 cm³/mol. The molecule has 1 aliphatic rings. The summed E-state index contributed by atoms with van der Waals surface area (Å²) in [5.74, 6) is -1.61. The van der Waals surface area contributed by atoms with E-state index in [2.05, 4.69) is 0 Å². The molecule has 1 fully saturated rings. The van der Waals surface area contributed by atoms with E-state index in [1.165, 1.54) is 29.1 Å². The van der Waals surface area contributed by atoms with Crippen LogP contribution >= 0.6 is 0 Å². The molecule has 0 bridgehead atoms. The van der Waals surface area contributed by atoms with Gasteiger partial charge in [-0.2, -0.15) is 0 Å². The van der Waals surface area contributed by atoms with Crippen LogP contribution in [0.5, 0.6) is 5.75 Å². The Balaban J connectivity index is 2.01. The van der Waals surface area contributed by atoms with Crippen LogP contribution in [0.3, 0.4) is 0 Å². The van der Waals surface area contributed by atoms with E-state index in [9.17, 15) is 19.5 Å². The van der Waals surface area contributed by atoms with Crippen molar-refractivity contribution in [3.8, 4) is 5.75 Å². The Bertz CT molecular complexity index is 802. The third-order valence-electron chi connectivity index (χ3n) is 4.09. The third-order valence-corrected chi connectivity index (χ3v) is 4.09. The summed E-state index contributed by atoms with van der Waals surface area (Å²) in [5.41, 5.74) is 1.05. The Labute approximate surface area is 145 Å². The second-order valence-electron chi connectivity index (χ2n) is 5.95. The average molecular weight is 338 g/mol. The van der Waals surface area contributed by atoms with Crippen LogP contribution < -0.4 is 10.0 Å². The van der Waals surface area contributed by atoms with Crippen LogP contribution in [0.2, 0.25) is 0 Å². The van der Waals surface area contributed by atoms with Crippen LogP contribution in [0.1, 0.15) is 19.8 Å². The van der Waals surface area contributed by atoms with E-state index in [0.717, 1.165) is 0 Å². The van der Waals surface area contributed by atoms with Crippen molar-refractivity contribution in [2.24, 2.45) is 5.92 Å². The molecule has 1 N–H and O–H groups in total. The first-order chi connectivity index (χ1) is 12.0. The molecule has 1 heterocycles. The summed E-state index contributed by atoms with van der Waals surface area (Å²) >= 11 is 0. The molecule has 1 unspecified atom stereocenters. The molecule has 25 heavy (non-hydrogen) atoms. The molecular formula is C19H18N2O4. The topological polar surface area (TPSA) is 77.9 Å². The zero-order valence-corrected chi connectivity index (χ0v) is 13.8. The molecule has 0 radical (unpaired) electrons. The van der Waals surface area contributed by atoms with Gasteiger partial charge in [0.1, 0.15) is 17.5 Å². The van der Waals surface area contributed by atoms with Gasteiger partial charge < -0.3 is 9.90 Å². The number of hydrogen-bond acceptors (Lipinski definition) is 4. The lowest BCUT2D eigenvalue weighted by molar-refractivity contribution is -0.127. The van der Waals surface area contributed by atoms with Crippen molar-refractivity contribution in [3.63, 3.8) is 0 Å². The minimum atomic E-state index is -0.891. The lowest BCUT2D eigenvalue weighted by Crippen LogP contribution is -2.41. The number of phenolic OH excluding ortho intramolecular Hbond substituents is 1. The number of para-hydroxylation sites is 1. The first-order valence-corrected chi connectivity index (χ1v) is 8.00. The fourth-order valence-electron chi connectivity index (χ4n) is 2.84. The SMILES string of the molecule is CC(=O)CCC1C(=O)N(c2ccccc2)N(c2ccc(O)cc2)C1=O. The van der Waals surface area contributed by atoms with Gasteiger partial charge in [0.15, 0.2) is 0 Å². The van der Waals surface area contributed by atoms with E-state index in [1.807, 2.05) is 6.07 Å². The lowest BCUT2D eigenvalue weighted by Gasteiger charge is -2.27. The van der Waals surface area contributed by atoms with Gasteiger partial charge in [-0.1, -0.05) is 18.2 Å². The molecule has 128 valence electrons. The van der Waals surface area contributed by atoms with Crippen molar-refractivity contribution in [3.05, 3.63) is 54.6 Å². The van der Waals surface area contributed by atoms with Crippen LogP contribution in [0.15, 0.2) is 54.6 Å². The number of aromatic hydroxyl groups is 1. The fraction of sp³-hybridized carbons (Fsp3) is 0.211. The van der Waals surface area contributed by atoms with E-state index in [4.69, 9.17) is 0 Å². The molecule has 1 aliphatic heterocycles. The van der Waals surface area contributed by atoms with Crippen molar-refractivity contribution in [1.82, 2.24) is 0 Å².